The van der Waals surface area contributed by atoms with Crippen LogP contribution in [0.5, 0.6) is 11.5 Å². The van der Waals surface area contributed by atoms with Gasteiger partial charge in [0, 0.05) is 0 Å². The van der Waals surface area contributed by atoms with E-state index in [4.69, 9.17) is 4.74 Å². The number of rotatable bonds is 4. The summed E-state index contributed by atoms with van der Waals surface area (Å²) in [5, 5.41) is 18.7. The fourth-order valence-corrected chi connectivity index (χ4v) is 1.45. The molecule has 0 aliphatic rings. The highest BCUT2D eigenvalue weighted by Gasteiger charge is 2.14. The molecule has 0 unspecified atom stereocenters. The lowest BCUT2D eigenvalue weighted by atomic mass is 10.1. The van der Waals surface area contributed by atoms with E-state index in [0.717, 1.165) is 0 Å². The zero-order valence-electron chi connectivity index (χ0n) is 9.67. The average Bonchev–Trinajstić information content (AvgIpc) is 2.89. The second-order valence-corrected chi connectivity index (χ2v) is 3.47. The fourth-order valence-electron chi connectivity index (χ4n) is 1.45. The predicted octanol–water partition coefficient (Wildman–Crippen LogP) is 0.449. The smallest absolute Gasteiger partial charge is 0.255 e. The van der Waals surface area contributed by atoms with Gasteiger partial charge in [-0.3, -0.25) is 9.89 Å². The molecule has 1 heterocycles. The van der Waals surface area contributed by atoms with E-state index in [1.54, 1.807) is 12.1 Å². The second-order valence-electron chi connectivity index (χ2n) is 3.47. The van der Waals surface area contributed by atoms with Crippen molar-refractivity contribution in [3.05, 3.63) is 35.9 Å². The van der Waals surface area contributed by atoms with Crippen LogP contribution in [0.1, 0.15) is 16.2 Å². The molecule has 18 heavy (non-hydrogen) atoms. The van der Waals surface area contributed by atoms with Gasteiger partial charge in [-0.1, -0.05) is 6.07 Å². The number of nitrogens with one attached hydrogen (secondary N) is 2. The van der Waals surface area contributed by atoms with Crippen LogP contribution in [0.3, 0.4) is 0 Å². The molecule has 0 radical (unpaired) electrons. The van der Waals surface area contributed by atoms with Crippen LogP contribution in [0.25, 0.3) is 0 Å². The van der Waals surface area contributed by atoms with Crippen molar-refractivity contribution in [2.45, 2.75) is 6.54 Å². The molecule has 2 aromatic rings. The first-order valence-corrected chi connectivity index (χ1v) is 5.20. The number of amides is 1. The summed E-state index contributed by atoms with van der Waals surface area (Å²) >= 11 is 0. The molecule has 0 aliphatic carbocycles. The average molecular weight is 248 g/mol. The molecule has 0 fully saturated rings. The van der Waals surface area contributed by atoms with Gasteiger partial charge in [0.2, 0.25) is 0 Å². The number of aromatic nitrogens is 3. The minimum atomic E-state index is -0.414. The molecule has 1 amide bonds. The lowest BCUT2D eigenvalue weighted by molar-refractivity contribution is 0.0946. The topological polar surface area (TPSA) is 100 Å². The van der Waals surface area contributed by atoms with Gasteiger partial charge in [0.1, 0.15) is 12.2 Å². The number of carbonyl (C=O) groups is 1. The number of aromatic amines is 1. The summed E-state index contributed by atoms with van der Waals surface area (Å²) < 4.78 is 4.93. The van der Waals surface area contributed by atoms with Gasteiger partial charge >= 0.3 is 0 Å². The number of ether oxygens (including phenoxy) is 1. The van der Waals surface area contributed by atoms with Crippen LogP contribution in [-0.4, -0.2) is 33.3 Å². The van der Waals surface area contributed by atoms with E-state index in [9.17, 15) is 9.90 Å². The summed E-state index contributed by atoms with van der Waals surface area (Å²) in [5.74, 6) is 0.186. The Bertz CT molecular complexity index is 539. The summed E-state index contributed by atoms with van der Waals surface area (Å²) in [6.45, 7) is 0.204. The zero-order chi connectivity index (χ0) is 13.0. The predicted molar refractivity (Wildman–Crippen MR) is 62.2 cm³/mol. The first-order valence-electron chi connectivity index (χ1n) is 5.20. The molecule has 7 heteroatoms. The number of H-pyrrole nitrogens is 1. The van der Waals surface area contributed by atoms with Gasteiger partial charge in [-0.05, 0) is 12.1 Å². The first kappa shape index (κ1) is 11.9. The Balaban J connectivity index is 2.09. The van der Waals surface area contributed by atoms with E-state index in [1.165, 1.54) is 19.5 Å². The number of carbonyl (C=O) groups excluding carboxylic acids is 1. The minimum absolute atomic E-state index is 0.147. The van der Waals surface area contributed by atoms with Crippen LogP contribution in [0, 0.1) is 0 Å². The number of phenolic OH excluding ortho intramolecular Hbond substituents is 1. The van der Waals surface area contributed by atoms with Gasteiger partial charge in [0.25, 0.3) is 5.91 Å². The Morgan fingerprint density at radius 2 is 2.39 bits per heavy atom. The molecule has 0 saturated heterocycles. The van der Waals surface area contributed by atoms with Crippen molar-refractivity contribution in [3.63, 3.8) is 0 Å². The number of hydrogen-bond donors (Lipinski definition) is 3. The van der Waals surface area contributed by atoms with E-state index in [2.05, 4.69) is 20.5 Å². The van der Waals surface area contributed by atoms with Crippen LogP contribution < -0.4 is 10.1 Å². The molecule has 1 aromatic carbocycles. The summed E-state index contributed by atoms with van der Waals surface area (Å²) in [5.41, 5.74) is 0.147. The number of aromatic hydroxyl groups is 1. The largest absolute Gasteiger partial charge is 0.504 e. The number of phenols is 1. The molecule has 0 aliphatic heterocycles. The maximum Gasteiger partial charge on any atom is 0.255 e. The van der Waals surface area contributed by atoms with Crippen molar-refractivity contribution in [1.82, 2.24) is 20.5 Å². The minimum Gasteiger partial charge on any atom is -0.504 e. The number of methoxy groups -OCH3 is 1. The summed E-state index contributed by atoms with van der Waals surface area (Å²) in [6.07, 6.45) is 1.35. The van der Waals surface area contributed by atoms with Gasteiger partial charge in [-0.15, -0.1) is 0 Å². The number of nitrogens with zero attached hydrogens (tertiary/aromatic N) is 2. The molecule has 94 valence electrons. The third-order valence-electron chi connectivity index (χ3n) is 2.34. The lowest BCUT2D eigenvalue weighted by Gasteiger charge is -2.08. The van der Waals surface area contributed by atoms with Gasteiger partial charge in [0.05, 0.1) is 19.2 Å². The number of para-hydroxylation sites is 1. The highest BCUT2D eigenvalue weighted by atomic mass is 16.5. The van der Waals surface area contributed by atoms with Gasteiger partial charge in [0.15, 0.2) is 11.5 Å². The van der Waals surface area contributed by atoms with Crippen molar-refractivity contribution in [1.29, 1.82) is 0 Å². The van der Waals surface area contributed by atoms with Crippen LogP contribution in [0.15, 0.2) is 24.5 Å². The summed E-state index contributed by atoms with van der Waals surface area (Å²) in [6, 6.07) is 4.71. The maximum absolute atomic E-state index is 11.8. The van der Waals surface area contributed by atoms with Crippen LogP contribution in [0.2, 0.25) is 0 Å². The molecule has 1 aromatic heterocycles. The van der Waals surface area contributed by atoms with Crippen LogP contribution >= 0.6 is 0 Å². The van der Waals surface area contributed by atoms with Crippen molar-refractivity contribution in [2.24, 2.45) is 0 Å². The van der Waals surface area contributed by atoms with E-state index in [0.29, 0.717) is 5.82 Å². The van der Waals surface area contributed by atoms with Crippen molar-refractivity contribution in [2.75, 3.05) is 7.11 Å². The zero-order valence-corrected chi connectivity index (χ0v) is 9.67. The molecular weight excluding hydrogens is 236 g/mol. The summed E-state index contributed by atoms with van der Waals surface area (Å²) in [4.78, 5) is 15.7. The molecular formula is C11H12N4O3. The quantitative estimate of drug-likeness (QED) is 0.729. The third-order valence-corrected chi connectivity index (χ3v) is 2.34. The molecule has 7 nitrogen and oxygen atoms in total. The fraction of sp³-hybridized carbons (Fsp3) is 0.182. The summed E-state index contributed by atoms with van der Waals surface area (Å²) in [7, 11) is 1.42. The molecule has 0 spiro atoms. The van der Waals surface area contributed by atoms with E-state index >= 15 is 0 Å². The van der Waals surface area contributed by atoms with Crippen LogP contribution in [-0.2, 0) is 6.54 Å². The molecule has 0 atom stereocenters. The Morgan fingerprint density at radius 3 is 3.06 bits per heavy atom. The Morgan fingerprint density at radius 1 is 1.56 bits per heavy atom. The lowest BCUT2D eigenvalue weighted by Crippen LogP contribution is -2.23. The second kappa shape index (κ2) is 5.17. The molecule has 2 rings (SSSR count). The Labute approximate surface area is 103 Å². The van der Waals surface area contributed by atoms with Crippen LogP contribution in [0.4, 0.5) is 0 Å². The van der Waals surface area contributed by atoms with Crippen molar-refractivity contribution in [3.8, 4) is 11.5 Å². The van der Waals surface area contributed by atoms with E-state index in [-0.39, 0.29) is 23.6 Å². The van der Waals surface area contributed by atoms with Crippen molar-refractivity contribution < 1.29 is 14.6 Å². The SMILES string of the molecule is COc1cccc(C(=O)NCc2ncn[nH]2)c1O. The normalized spacial score (nSPS) is 10.1. The van der Waals surface area contributed by atoms with Crippen molar-refractivity contribution >= 4 is 5.91 Å². The number of benzene rings is 1. The molecule has 0 saturated carbocycles. The first-order chi connectivity index (χ1) is 8.72. The van der Waals surface area contributed by atoms with Gasteiger partial charge < -0.3 is 15.2 Å². The number of hydrogen-bond acceptors (Lipinski definition) is 5. The molecule has 0 bridgehead atoms. The highest BCUT2D eigenvalue weighted by molar-refractivity contribution is 5.97. The Hall–Kier alpha value is -2.57. The van der Waals surface area contributed by atoms with E-state index < -0.39 is 5.91 Å². The molecule has 3 N–H and O–H groups in total. The standard InChI is InChI=1S/C11H12N4O3/c1-18-8-4-2-3-7(10(8)16)11(17)12-5-9-13-6-14-15-9/h2-4,6,16H,5H2,1H3,(H,12,17)(H,13,14,15). The monoisotopic (exact) mass is 248 g/mol. The van der Waals surface area contributed by atoms with Gasteiger partial charge in [-0.25, -0.2) is 4.98 Å². The van der Waals surface area contributed by atoms with Gasteiger partial charge in [-0.2, -0.15) is 5.10 Å². The maximum atomic E-state index is 11.8. The highest BCUT2D eigenvalue weighted by Crippen LogP contribution is 2.29. The Kier molecular flexibility index (Phi) is 3.42. The van der Waals surface area contributed by atoms with E-state index in [1.807, 2.05) is 0 Å². The third kappa shape index (κ3) is 2.40.